The minimum absolute atomic E-state index is 0.106. The average molecular weight is 410 g/mol. The molecular formula is C21H22N4O3S. The van der Waals surface area contributed by atoms with E-state index in [-0.39, 0.29) is 24.3 Å². The number of aromatic nitrogens is 3. The molecule has 3 rings (SSSR count). The lowest BCUT2D eigenvalue weighted by molar-refractivity contribution is -0.147. The van der Waals surface area contributed by atoms with E-state index in [0.29, 0.717) is 11.0 Å². The lowest BCUT2D eigenvalue weighted by Crippen LogP contribution is -2.32. The van der Waals surface area contributed by atoms with Gasteiger partial charge in [0.1, 0.15) is 6.54 Å². The molecule has 0 saturated heterocycles. The van der Waals surface area contributed by atoms with Gasteiger partial charge in [-0.3, -0.25) is 14.2 Å². The molecule has 150 valence electrons. The Bertz CT molecular complexity index is 959. The van der Waals surface area contributed by atoms with Crippen molar-refractivity contribution in [3.8, 4) is 17.1 Å². The van der Waals surface area contributed by atoms with Crippen LogP contribution in [0.25, 0.3) is 17.1 Å². The highest BCUT2D eigenvalue weighted by Crippen LogP contribution is 2.27. The molecule has 1 amide bonds. The number of thioether (sulfide) groups is 1. The largest absolute Gasteiger partial charge is 0.462 e. The maximum absolute atomic E-state index is 12.1. The molecule has 0 aliphatic rings. The minimum atomic E-state index is -0.461. The quantitative estimate of drug-likeness (QED) is 0.454. The van der Waals surface area contributed by atoms with Crippen LogP contribution in [0.15, 0.2) is 65.8 Å². The van der Waals surface area contributed by atoms with Gasteiger partial charge >= 0.3 is 5.97 Å². The molecular weight excluding hydrogens is 388 g/mol. The molecule has 1 N–H and O–H groups in total. The summed E-state index contributed by atoms with van der Waals surface area (Å²) >= 11 is 1.26. The van der Waals surface area contributed by atoms with Crippen LogP contribution < -0.4 is 5.32 Å². The average Bonchev–Trinajstić information content (AvgIpc) is 3.15. The fraction of sp³-hybridized carbons (Fsp3) is 0.238. The van der Waals surface area contributed by atoms with E-state index in [4.69, 9.17) is 4.74 Å². The van der Waals surface area contributed by atoms with Crippen LogP contribution in [-0.4, -0.2) is 45.0 Å². The molecule has 0 bridgehead atoms. The third kappa shape index (κ3) is 5.68. The zero-order valence-electron chi connectivity index (χ0n) is 16.2. The monoisotopic (exact) mass is 410 g/mol. The Morgan fingerprint density at radius 2 is 1.69 bits per heavy atom. The van der Waals surface area contributed by atoms with E-state index in [1.165, 1.54) is 11.8 Å². The van der Waals surface area contributed by atoms with E-state index in [2.05, 4.69) is 15.5 Å². The van der Waals surface area contributed by atoms with Crippen molar-refractivity contribution >= 4 is 23.6 Å². The second kappa shape index (κ2) is 9.88. The zero-order valence-corrected chi connectivity index (χ0v) is 17.1. The Hall–Kier alpha value is -3.13. The number of benzene rings is 2. The van der Waals surface area contributed by atoms with E-state index in [0.717, 1.165) is 11.3 Å². The van der Waals surface area contributed by atoms with Crippen LogP contribution in [0.5, 0.6) is 0 Å². The summed E-state index contributed by atoms with van der Waals surface area (Å²) in [6.45, 7) is 3.37. The molecule has 8 heteroatoms. The third-order valence-corrected chi connectivity index (χ3v) is 4.74. The first-order valence-electron chi connectivity index (χ1n) is 9.20. The lowest BCUT2D eigenvalue weighted by Gasteiger charge is -2.11. The highest BCUT2D eigenvalue weighted by atomic mass is 32.2. The molecule has 2 aromatic carbocycles. The van der Waals surface area contributed by atoms with Crippen molar-refractivity contribution in [1.82, 2.24) is 20.1 Å². The fourth-order valence-corrected chi connectivity index (χ4v) is 3.39. The first-order valence-corrected chi connectivity index (χ1v) is 10.2. The Morgan fingerprint density at radius 1 is 1.03 bits per heavy atom. The summed E-state index contributed by atoms with van der Waals surface area (Å²) in [6, 6.07) is 19.5. The van der Waals surface area contributed by atoms with Gasteiger partial charge in [0.25, 0.3) is 0 Å². The van der Waals surface area contributed by atoms with Crippen LogP contribution in [0.1, 0.15) is 13.8 Å². The van der Waals surface area contributed by atoms with Crippen LogP contribution in [0, 0.1) is 0 Å². The summed E-state index contributed by atoms with van der Waals surface area (Å²) in [7, 11) is 0. The summed E-state index contributed by atoms with van der Waals surface area (Å²) in [4.78, 5) is 23.7. The van der Waals surface area contributed by atoms with E-state index in [1.54, 1.807) is 13.8 Å². The molecule has 0 fully saturated rings. The highest BCUT2D eigenvalue weighted by molar-refractivity contribution is 7.99. The van der Waals surface area contributed by atoms with E-state index in [9.17, 15) is 9.59 Å². The van der Waals surface area contributed by atoms with Gasteiger partial charge in [-0.15, -0.1) is 10.2 Å². The summed E-state index contributed by atoms with van der Waals surface area (Å²) in [5.41, 5.74) is 1.83. The molecule has 1 heterocycles. The summed E-state index contributed by atoms with van der Waals surface area (Å²) in [6.07, 6.45) is -0.213. The molecule has 0 saturated carbocycles. The van der Waals surface area contributed by atoms with Gasteiger partial charge in [-0.1, -0.05) is 60.3 Å². The minimum Gasteiger partial charge on any atom is -0.462 e. The summed E-state index contributed by atoms with van der Waals surface area (Å²) in [5.74, 6) is 0.0614. The van der Waals surface area contributed by atoms with Crippen molar-refractivity contribution in [1.29, 1.82) is 0 Å². The van der Waals surface area contributed by atoms with Crippen molar-refractivity contribution in [2.45, 2.75) is 25.1 Å². The van der Waals surface area contributed by atoms with Gasteiger partial charge in [-0.2, -0.15) is 0 Å². The number of nitrogens with zero attached hydrogens (tertiary/aromatic N) is 3. The number of para-hydroxylation sites is 1. The second-order valence-corrected chi connectivity index (χ2v) is 7.39. The molecule has 0 aliphatic carbocycles. The highest BCUT2D eigenvalue weighted by Gasteiger charge is 2.17. The number of rotatable bonds is 8. The molecule has 3 aromatic rings. The number of carbonyl (C=O) groups is 2. The fourth-order valence-electron chi connectivity index (χ4n) is 2.60. The standard InChI is InChI=1S/C21H22N4O3S/c1-15(2)28-19(27)13-22-18(26)14-29-21-24-23-20(16-9-5-3-6-10-16)25(21)17-11-7-4-8-12-17/h3-12,15H,13-14H2,1-2H3,(H,22,26). The second-order valence-electron chi connectivity index (χ2n) is 6.45. The maximum atomic E-state index is 12.1. The molecule has 0 radical (unpaired) electrons. The predicted octanol–water partition coefficient (Wildman–Crippen LogP) is 3.09. The van der Waals surface area contributed by atoms with Gasteiger partial charge in [0.05, 0.1) is 11.9 Å². The summed E-state index contributed by atoms with van der Waals surface area (Å²) < 4.78 is 6.92. The van der Waals surface area contributed by atoms with Crippen LogP contribution >= 0.6 is 11.8 Å². The topological polar surface area (TPSA) is 86.1 Å². The number of carbonyl (C=O) groups excluding carboxylic acids is 2. The normalized spacial score (nSPS) is 10.7. The number of ether oxygens (including phenoxy) is 1. The van der Waals surface area contributed by atoms with E-state index < -0.39 is 5.97 Å². The predicted molar refractivity (Wildman–Crippen MR) is 112 cm³/mol. The van der Waals surface area contributed by atoms with Crippen LogP contribution in [0.2, 0.25) is 0 Å². The first-order chi connectivity index (χ1) is 14.0. The number of hydrogen-bond donors (Lipinski definition) is 1. The number of esters is 1. The first kappa shape index (κ1) is 20.6. The molecule has 7 nitrogen and oxygen atoms in total. The van der Waals surface area contributed by atoms with Crippen molar-refractivity contribution in [2.75, 3.05) is 12.3 Å². The number of amides is 1. The SMILES string of the molecule is CC(C)OC(=O)CNC(=O)CSc1nnc(-c2ccccc2)n1-c1ccccc1. The Balaban J connectivity index is 1.74. The number of hydrogen-bond acceptors (Lipinski definition) is 6. The van der Waals surface area contributed by atoms with Gasteiger partial charge in [-0.25, -0.2) is 0 Å². The number of nitrogens with one attached hydrogen (secondary N) is 1. The van der Waals surface area contributed by atoms with Crippen molar-refractivity contribution < 1.29 is 14.3 Å². The van der Waals surface area contributed by atoms with Gasteiger partial charge in [-0.05, 0) is 26.0 Å². The van der Waals surface area contributed by atoms with E-state index in [1.807, 2.05) is 65.2 Å². The molecule has 0 unspecified atom stereocenters. The third-order valence-electron chi connectivity index (χ3n) is 3.81. The Kier molecular flexibility index (Phi) is 7.02. The van der Waals surface area contributed by atoms with Crippen molar-refractivity contribution in [2.24, 2.45) is 0 Å². The Morgan fingerprint density at radius 3 is 2.34 bits per heavy atom. The van der Waals surface area contributed by atoms with Gasteiger partial charge < -0.3 is 10.1 Å². The van der Waals surface area contributed by atoms with Crippen molar-refractivity contribution in [3.63, 3.8) is 0 Å². The summed E-state index contributed by atoms with van der Waals surface area (Å²) in [5, 5.41) is 11.8. The molecule has 1 aromatic heterocycles. The molecule has 0 spiro atoms. The van der Waals surface area contributed by atoms with Crippen LogP contribution in [0.4, 0.5) is 0 Å². The molecule has 29 heavy (non-hydrogen) atoms. The van der Waals surface area contributed by atoms with Crippen molar-refractivity contribution in [3.05, 3.63) is 60.7 Å². The zero-order chi connectivity index (χ0) is 20.6. The Labute approximate surface area is 173 Å². The van der Waals surface area contributed by atoms with E-state index >= 15 is 0 Å². The van der Waals surface area contributed by atoms with Gasteiger partial charge in [0.2, 0.25) is 5.91 Å². The lowest BCUT2D eigenvalue weighted by atomic mass is 10.2. The smallest absolute Gasteiger partial charge is 0.325 e. The molecule has 0 atom stereocenters. The van der Waals surface area contributed by atoms with Crippen LogP contribution in [-0.2, 0) is 14.3 Å². The maximum Gasteiger partial charge on any atom is 0.325 e. The van der Waals surface area contributed by atoms with Gasteiger partial charge in [0.15, 0.2) is 11.0 Å². The van der Waals surface area contributed by atoms with Crippen LogP contribution in [0.3, 0.4) is 0 Å². The van der Waals surface area contributed by atoms with Gasteiger partial charge in [0, 0.05) is 11.3 Å². The molecule has 0 aliphatic heterocycles.